The molecule has 0 heterocycles. The van der Waals surface area contributed by atoms with Crippen molar-refractivity contribution in [2.45, 2.75) is 27.7 Å². The third-order valence-electron chi connectivity index (χ3n) is 5.79. The number of rotatable bonds is 5. The number of phenols is 3. The molecule has 0 amide bonds. The molecule has 5 heteroatoms. The topological polar surface area (TPSA) is 73.2 Å². The Kier molecular flexibility index (Phi) is 5.88. The Bertz CT molecular complexity index is 1260. The molecule has 0 unspecified atom stereocenters. The molecule has 4 rings (SSSR count). The summed E-state index contributed by atoms with van der Waals surface area (Å²) in [6.07, 6.45) is 0. The van der Waals surface area contributed by atoms with Crippen molar-refractivity contribution in [3.8, 4) is 28.7 Å². The fourth-order valence-electron chi connectivity index (χ4n) is 3.79. The number of ether oxygens (including phenoxy) is 1. The maximum absolute atomic E-state index is 10.2. The van der Waals surface area contributed by atoms with Crippen LogP contribution in [0.2, 0.25) is 0 Å². The van der Waals surface area contributed by atoms with Crippen molar-refractivity contribution in [2.75, 3.05) is 4.90 Å². The molecule has 0 aliphatic carbocycles. The van der Waals surface area contributed by atoms with Gasteiger partial charge in [-0.25, -0.2) is 0 Å². The second kappa shape index (κ2) is 8.79. The van der Waals surface area contributed by atoms with Crippen LogP contribution in [-0.4, -0.2) is 15.3 Å². The van der Waals surface area contributed by atoms with Gasteiger partial charge in [-0.3, -0.25) is 0 Å². The smallest absolute Gasteiger partial charge is 0.134 e. The third kappa shape index (κ3) is 4.58. The Morgan fingerprint density at radius 3 is 1.67 bits per heavy atom. The highest BCUT2D eigenvalue weighted by Crippen LogP contribution is 2.41. The van der Waals surface area contributed by atoms with Gasteiger partial charge >= 0.3 is 0 Å². The van der Waals surface area contributed by atoms with Crippen molar-refractivity contribution >= 4 is 17.1 Å². The molecule has 4 aromatic rings. The first-order valence-corrected chi connectivity index (χ1v) is 10.7. The van der Waals surface area contributed by atoms with Crippen LogP contribution in [0.3, 0.4) is 0 Å². The second-order valence-electron chi connectivity index (χ2n) is 8.26. The number of hydrogen-bond donors (Lipinski definition) is 3. The van der Waals surface area contributed by atoms with Crippen molar-refractivity contribution in [1.82, 2.24) is 0 Å². The number of anilines is 3. The molecule has 0 aromatic heterocycles. The lowest BCUT2D eigenvalue weighted by molar-refractivity contribution is 0.452. The molecule has 0 aliphatic rings. The van der Waals surface area contributed by atoms with E-state index < -0.39 is 0 Å². The predicted molar refractivity (Wildman–Crippen MR) is 132 cm³/mol. The standard InChI is InChI=1S/C28H27NO4/c1-17-5-9-22(30)14-26(17)29(27-15-23(31)10-6-18(27)2)21-7-11-25(12-8-21)33-28-16-24(32)13-19(3)20(28)4/h5-16,30-32H,1-4H3. The lowest BCUT2D eigenvalue weighted by Crippen LogP contribution is -2.12. The van der Waals surface area contributed by atoms with Gasteiger partial charge in [-0.15, -0.1) is 0 Å². The average Bonchev–Trinajstić information content (AvgIpc) is 2.77. The highest BCUT2D eigenvalue weighted by Gasteiger charge is 2.18. The van der Waals surface area contributed by atoms with Crippen LogP contribution in [-0.2, 0) is 0 Å². The minimum absolute atomic E-state index is 0.160. The average molecular weight is 442 g/mol. The first-order valence-electron chi connectivity index (χ1n) is 10.7. The van der Waals surface area contributed by atoms with E-state index in [9.17, 15) is 15.3 Å². The zero-order valence-electron chi connectivity index (χ0n) is 19.1. The number of nitrogens with zero attached hydrogens (tertiary/aromatic N) is 1. The van der Waals surface area contributed by atoms with Crippen molar-refractivity contribution in [3.63, 3.8) is 0 Å². The van der Waals surface area contributed by atoms with Gasteiger partial charge in [0, 0.05) is 23.9 Å². The summed E-state index contributed by atoms with van der Waals surface area (Å²) in [7, 11) is 0. The molecule has 0 saturated heterocycles. The van der Waals surface area contributed by atoms with E-state index in [0.717, 1.165) is 39.3 Å². The fraction of sp³-hybridized carbons (Fsp3) is 0.143. The molecular weight excluding hydrogens is 414 g/mol. The molecule has 0 spiro atoms. The predicted octanol–water partition coefficient (Wildman–Crippen LogP) is 7.30. The fourth-order valence-corrected chi connectivity index (χ4v) is 3.79. The monoisotopic (exact) mass is 441 g/mol. The number of benzene rings is 4. The van der Waals surface area contributed by atoms with Gasteiger partial charge in [0.1, 0.15) is 28.7 Å². The number of aryl methyl sites for hydroxylation is 3. The summed E-state index contributed by atoms with van der Waals surface area (Å²) in [6.45, 7) is 7.84. The summed E-state index contributed by atoms with van der Waals surface area (Å²) in [4.78, 5) is 2.00. The second-order valence-corrected chi connectivity index (χ2v) is 8.26. The molecular formula is C28H27NO4. The van der Waals surface area contributed by atoms with Crippen molar-refractivity contribution < 1.29 is 20.1 Å². The van der Waals surface area contributed by atoms with Crippen LogP contribution in [0.5, 0.6) is 28.7 Å². The maximum atomic E-state index is 10.2. The van der Waals surface area contributed by atoms with Crippen LogP contribution in [0.1, 0.15) is 22.3 Å². The summed E-state index contributed by atoms with van der Waals surface area (Å²) >= 11 is 0. The van der Waals surface area contributed by atoms with E-state index >= 15 is 0 Å². The molecule has 5 nitrogen and oxygen atoms in total. The summed E-state index contributed by atoms with van der Waals surface area (Å²) in [5.41, 5.74) is 6.31. The quantitative estimate of drug-likeness (QED) is 0.303. The minimum Gasteiger partial charge on any atom is -0.508 e. The van der Waals surface area contributed by atoms with Gasteiger partial charge in [0.2, 0.25) is 0 Å². The summed E-state index contributed by atoms with van der Waals surface area (Å²) < 4.78 is 6.04. The summed E-state index contributed by atoms with van der Waals surface area (Å²) in [5.74, 6) is 1.72. The number of phenolic OH excluding ortho intramolecular Hbond substituents is 3. The highest BCUT2D eigenvalue weighted by molar-refractivity contribution is 5.81. The molecule has 168 valence electrons. The van der Waals surface area contributed by atoms with E-state index in [1.54, 1.807) is 36.4 Å². The van der Waals surface area contributed by atoms with Crippen molar-refractivity contribution in [3.05, 3.63) is 95.1 Å². The Hall–Kier alpha value is -4.12. The SMILES string of the molecule is Cc1ccc(O)cc1N(c1ccc(Oc2cc(O)cc(C)c2C)cc1)c1cc(O)ccc1C. The number of aromatic hydroxyl groups is 3. The normalized spacial score (nSPS) is 10.8. The first kappa shape index (κ1) is 22.1. The lowest BCUT2D eigenvalue weighted by Gasteiger charge is -2.28. The number of hydrogen-bond acceptors (Lipinski definition) is 5. The Morgan fingerprint density at radius 1 is 0.576 bits per heavy atom. The van der Waals surface area contributed by atoms with Gasteiger partial charge in [-0.05, 0) is 92.4 Å². The third-order valence-corrected chi connectivity index (χ3v) is 5.79. The maximum Gasteiger partial charge on any atom is 0.134 e. The molecule has 0 aliphatic heterocycles. The summed E-state index contributed by atoms with van der Waals surface area (Å²) in [5, 5.41) is 30.3. The van der Waals surface area contributed by atoms with E-state index in [1.807, 2.05) is 69.0 Å². The van der Waals surface area contributed by atoms with E-state index in [2.05, 4.69) is 0 Å². The van der Waals surface area contributed by atoms with Gasteiger partial charge in [-0.2, -0.15) is 0 Å². The molecule has 0 saturated carbocycles. The van der Waals surface area contributed by atoms with Crippen molar-refractivity contribution in [2.24, 2.45) is 0 Å². The van der Waals surface area contributed by atoms with E-state index in [-0.39, 0.29) is 17.2 Å². The van der Waals surface area contributed by atoms with E-state index in [4.69, 9.17) is 4.74 Å². The minimum atomic E-state index is 0.160. The molecule has 33 heavy (non-hydrogen) atoms. The molecule has 4 aromatic carbocycles. The van der Waals surface area contributed by atoms with E-state index in [1.165, 1.54) is 0 Å². The largest absolute Gasteiger partial charge is 0.508 e. The molecule has 0 bridgehead atoms. The van der Waals surface area contributed by atoms with Crippen molar-refractivity contribution in [1.29, 1.82) is 0 Å². The van der Waals surface area contributed by atoms with Crippen LogP contribution in [0.25, 0.3) is 0 Å². The highest BCUT2D eigenvalue weighted by atomic mass is 16.5. The van der Waals surface area contributed by atoms with Crippen LogP contribution in [0.15, 0.2) is 72.8 Å². The van der Waals surface area contributed by atoms with Gasteiger partial charge in [0.25, 0.3) is 0 Å². The Morgan fingerprint density at radius 2 is 1.12 bits per heavy atom. The van der Waals surface area contributed by atoms with Crippen LogP contribution in [0.4, 0.5) is 17.1 Å². The summed E-state index contributed by atoms with van der Waals surface area (Å²) in [6, 6.07) is 21.3. The Labute approximate surface area is 193 Å². The van der Waals surface area contributed by atoms with Gasteiger partial charge in [0.05, 0.1) is 11.4 Å². The van der Waals surface area contributed by atoms with Gasteiger partial charge in [0.15, 0.2) is 0 Å². The van der Waals surface area contributed by atoms with E-state index in [0.29, 0.717) is 11.5 Å². The van der Waals surface area contributed by atoms with Crippen LogP contribution >= 0.6 is 0 Å². The van der Waals surface area contributed by atoms with Gasteiger partial charge < -0.3 is 25.0 Å². The first-order chi connectivity index (χ1) is 15.7. The zero-order chi connectivity index (χ0) is 23.7. The van der Waals surface area contributed by atoms with Crippen LogP contribution in [0, 0.1) is 27.7 Å². The molecule has 0 fully saturated rings. The Balaban J connectivity index is 1.77. The molecule has 3 N–H and O–H groups in total. The van der Waals surface area contributed by atoms with Gasteiger partial charge in [-0.1, -0.05) is 12.1 Å². The molecule has 0 atom stereocenters. The van der Waals surface area contributed by atoms with Crippen LogP contribution < -0.4 is 9.64 Å². The zero-order valence-corrected chi connectivity index (χ0v) is 19.1. The lowest BCUT2D eigenvalue weighted by atomic mass is 10.1. The molecule has 0 radical (unpaired) electrons.